The summed E-state index contributed by atoms with van der Waals surface area (Å²) in [5.41, 5.74) is 5.59. The molecule has 0 fully saturated rings. The molecule has 0 saturated heterocycles. The van der Waals surface area contributed by atoms with Crippen LogP contribution >= 0.6 is 11.6 Å². The first-order valence-electron chi connectivity index (χ1n) is 9.43. The standard InChI is InChI=1S/C23H17ClN4O3/c24-17-10-6-9-16(13-17)21(29)25-26-22(30)20-18-11-4-5-12-19(18)23(31)28(27-20)14-15-7-2-1-3-8-15/h1-13H,14H2,(H,25,29)(H,26,30). The molecule has 0 aliphatic rings. The third-order valence-corrected chi connectivity index (χ3v) is 4.87. The van der Waals surface area contributed by atoms with E-state index in [1.807, 2.05) is 30.3 Å². The number of carbonyl (C=O) groups is 2. The highest BCUT2D eigenvalue weighted by Gasteiger charge is 2.18. The van der Waals surface area contributed by atoms with Crippen LogP contribution in [0.3, 0.4) is 0 Å². The van der Waals surface area contributed by atoms with E-state index in [-0.39, 0.29) is 17.8 Å². The van der Waals surface area contributed by atoms with Crippen LogP contribution in [0, 0.1) is 0 Å². The largest absolute Gasteiger partial charge is 0.290 e. The van der Waals surface area contributed by atoms with Crippen molar-refractivity contribution in [1.29, 1.82) is 0 Å². The molecule has 0 unspecified atom stereocenters. The number of fused-ring (bicyclic) bond motifs is 1. The van der Waals surface area contributed by atoms with Gasteiger partial charge in [0.05, 0.1) is 11.9 Å². The SMILES string of the molecule is O=C(NNC(=O)c1nn(Cc2ccccc2)c(=O)c2ccccc12)c1cccc(Cl)c1. The molecule has 2 N–H and O–H groups in total. The Kier molecular flexibility index (Phi) is 5.77. The Labute approximate surface area is 182 Å². The highest BCUT2D eigenvalue weighted by Crippen LogP contribution is 2.14. The molecule has 0 bridgehead atoms. The molecule has 8 heteroatoms. The van der Waals surface area contributed by atoms with Gasteiger partial charge in [-0.15, -0.1) is 0 Å². The van der Waals surface area contributed by atoms with E-state index in [9.17, 15) is 14.4 Å². The van der Waals surface area contributed by atoms with Crippen LogP contribution in [0.2, 0.25) is 5.02 Å². The number of benzene rings is 3. The summed E-state index contributed by atoms with van der Waals surface area (Å²) in [6, 6.07) is 22.4. The normalized spacial score (nSPS) is 10.6. The third kappa shape index (κ3) is 4.46. The Bertz CT molecular complexity index is 1340. The van der Waals surface area contributed by atoms with Gasteiger partial charge in [-0.25, -0.2) is 4.68 Å². The van der Waals surface area contributed by atoms with Gasteiger partial charge in [-0.1, -0.05) is 66.2 Å². The van der Waals surface area contributed by atoms with E-state index < -0.39 is 11.8 Å². The second-order valence-corrected chi connectivity index (χ2v) is 7.20. The van der Waals surface area contributed by atoms with Gasteiger partial charge in [-0.05, 0) is 29.8 Å². The predicted octanol–water partition coefficient (Wildman–Crippen LogP) is 3.17. The van der Waals surface area contributed by atoms with Gasteiger partial charge in [0.25, 0.3) is 17.4 Å². The number of halogens is 1. The van der Waals surface area contributed by atoms with Crippen molar-refractivity contribution in [3.05, 3.63) is 111 Å². The maximum atomic E-state index is 12.9. The van der Waals surface area contributed by atoms with Crippen LogP contribution in [-0.4, -0.2) is 21.6 Å². The highest BCUT2D eigenvalue weighted by molar-refractivity contribution is 6.31. The van der Waals surface area contributed by atoms with Crippen molar-refractivity contribution in [2.75, 3.05) is 0 Å². The van der Waals surface area contributed by atoms with Gasteiger partial charge in [-0.2, -0.15) is 5.10 Å². The zero-order valence-corrected chi connectivity index (χ0v) is 17.0. The smallest absolute Gasteiger partial charge is 0.267 e. The predicted molar refractivity (Wildman–Crippen MR) is 118 cm³/mol. The summed E-state index contributed by atoms with van der Waals surface area (Å²) in [6.07, 6.45) is 0. The van der Waals surface area contributed by atoms with E-state index >= 15 is 0 Å². The van der Waals surface area contributed by atoms with Gasteiger partial charge in [-0.3, -0.25) is 25.2 Å². The first kappa shape index (κ1) is 20.3. The zero-order valence-electron chi connectivity index (χ0n) is 16.2. The number of amides is 2. The van der Waals surface area contributed by atoms with E-state index in [1.54, 1.807) is 42.5 Å². The lowest BCUT2D eigenvalue weighted by Crippen LogP contribution is -2.42. The number of nitrogens with zero attached hydrogens (tertiary/aromatic N) is 2. The maximum Gasteiger partial charge on any atom is 0.290 e. The van der Waals surface area contributed by atoms with Gasteiger partial charge in [0, 0.05) is 16.0 Å². The Hall–Kier alpha value is -3.97. The topological polar surface area (TPSA) is 93.1 Å². The molecule has 3 aromatic carbocycles. The number of hydrogen-bond acceptors (Lipinski definition) is 4. The van der Waals surface area contributed by atoms with Crippen LogP contribution in [0.4, 0.5) is 0 Å². The lowest BCUT2D eigenvalue weighted by Gasteiger charge is -2.12. The van der Waals surface area contributed by atoms with Crippen LogP contribution in [0.5, 0.6) is 0 Å². The van der Waals surface area contributed by atoms with E-state index in [0.717, 1.165) is 5.56 Å². The first-order chi connectivity index (χ1) is 15.0. The molecule has 0 aliphatic carbocycles. The average Bonchev–Trinajstić information content (AvgIpc) is 2.80. The summed E-state index contributed by atoms with van der Waals surface area (Å²) < 4.78 is 1.24. The summed E-state index contributed by atoms with van der Waals surface area (Å²) in [5, 5.41) is 5.44. The summed E-state index contributed by atoms with van der Waals surface area (Å²) in [4.78, 5) is 38.0. The van der Waals surface area contributed by atoms with Crippen LogP contribution in [0.25, 0.3) is 10.8 Å². The lowest BCUT2D eigenvalue weighted by molar-refractivity contribution is 0.0843. The molecule has 0 radical (unpaired) electrons. The molecule has 31 heavy (non-hydrogen) atoms. The Morgan fingerprint density at radius 2 is 1.52 bits per heavy atom. The average molecular weight is 433 g/mol. The number of rotatable bonds is 4. The molecule has 2 amide bonds. The van der Waals surface area contributed by atoms with E-state index in [2.05, 4.69) is 16.0 Å². The van der Waals surface area contributed by atoms with Crippen LogP contribution < -0.4 is 16.4 Å². The van der Waals surface area contributed by atoms with Crippen molar-refractivity contribution in [3.8, 4) is 0 Å². The molecular formula is C23H17ClN4O3. The molecule has 7 nitrogen and oxygen atoms in total. The molecule has 1 heterocycles. The second-order valence-electron chi connectivity index (χ2n) is 6.76. The maximum absolute atomic E-state index is 12.9. The van der Waals surface area contributed by atoms with Crippen molar-refractivity contribution < 1.29 is 9.59 Å². The number of carbonyl (C=O) groups excluding carboxylic acids is 2. The molecular weight excluding hydrogens is 416 g/mol. The van der Waals surface area contributed by atoms with E-state index in [1.165, 1.54) is 10.7 Å². The fourth-order valence-corrected chi connectivity index (χ4v) is 3.33. The minimum absolute atomic E-state index is 0.0255. The van der Waals surface area contributed by atoms with Crippen molar-refractivity contribution in [3.63, 3.8) is 0 Å². The zero-order chi connectivity index (χ0) is 21.8. The Morgan fingerprint density at radius 1 is 0.839 bits per heavy atom. The monoisotopic (exact) mass is 432 g/mol. The highest BCUT2D eigenvalue weighted by atomic mass is 35.5. The minimum atomic E-state index is -0.645. The van der Waals surface area contributed by atoms with Crippen LogP contribution in [0.1, 0.15) is 26.4 Å². The van der Waals surface area contributed by atoms with Crippen molar-refractivity contribution in [1.82, 2.24) is 20.6 Å². The molecule has 0 spiro atoms. The molecule has 154 valence electrons. The number of hydrazine groups is 1. The lowest BCUT2D eigenvalue weighted by atomic mass is 10.1. The minimum Gasteiger partial charge on any atom is -0.267 e. The fourth-order valence-electron chi connectivity index (χ4n) is 3.14. The number of hydrogen-bond donors (Lipinski definition) is 2. The van der Waals surface area contributed by atoms with Crippen molar-refractivity contribution in [2.45, 2.75) is 6.54 Å². The van der Waals surface area contributed by atoms with Gasteiger partial charge in [0.1, 0.15) is 0 Å². The molecule has 0 aliphatic heterocycles. The van der Waals surface area contributed by atoms with E-state index in [4.69, 9.17) is 11.6 Å². The van der Waals surface area contributed by atoms with E-state index in [0.29, 0.717) is 21.4 Å². The fraction of sp³-hybridized carbons (Fsp3) is 0.0435. The Morgan fingerprint density at radius 3 is 2.26 bits per heavy atom. The van der Waals surface area contributed by atoms with Crippen LogP contribution in [-0.2, 0) is 6.54 Å². The molecule has 4 aromatic rings. The Balaban J connectivity index is 1.64. The van der Waals surface area contributed by atoms with Gasteiger partial charge >= 0.3 is 0 Å². The van der Waals surface area contributed by atoms with Crippen molar-refractivity contribution in [2.24, 2.45) is 0 Å². The summed E-state index contributed by atoms with van der Waals surface area (Å²) in [7, 11) is 0. The van der Waals surface area contributed by atoms with Crippen LogP contribution in [0.15, 0.2) is 83.7 Å². The quantitative estimate of drug-likeness (QED) is 0.484. The molecule has 0 saturated carbocycles. The van der Waals surface area contributed by atoms with Gasteiger partial charge < -0.3 is 0 Å². The molecule has 1 aromatic heterocycles. The summed E-state index contributed by atoms with van der Waals surface area (Å²) >= 11 is 5.90. The van der Waals surface area contributed by atoms with Gasteiger partial charge in [0.15, 0.2) is 5.69 Å². The van der Waals surface area contributed by atoms with Gasteiger partial charge in [0.2, 0.25) is 0 Å². The number of aromatic nitrogens is 2. The first-order valence-corrected chi connectivity index (χ1v) is 9.81. The molecule has 0 atom stereocenters. The number of nitrogens with one attached hydrogen (secondary N) is 2. The summed E-state index contributed by atoms with van der Waals surface area (Å²) in [6.45, 7) is 0.208. The molecule has 4 rings (SSSR count). The summed E-state index contributed by atoms with van der Waals surface area (Å²) in [5.74, 6) is -1.17. The second kappa shape index (κ2) is 8.81. The third-order valence-electron chi connectivity index (χ3n) is 4.63. The van der Waals surface area contributed by atoms with Crippen molar-refractivity contribution >= 4 is 34.2 Å².